The van der Waals surface area contributed by atoms with Gasteiger partial charge in [0, 0.05) is 12.8 Å². The molecule has 0 aliphatic carbocycles. The highest BCUT2D eigenvalue weighted by Gasteiger charge is 2.25. The Morgan fingerprint density at radius 3 is 1.54 bits per heavy atom. The van der Waals surface area contributed by atoms with E-state index >= 15 is 0 Å². The van der Waals surface area contributed by atoms with Gasteiger partial charge in [0.15, 0.2) is 0 Å². The van der Waals surface area contributed by atoms with Gasteiger partial charge >= 0.3 is 17.9 Å². The summed E-state index contributed by atoms with van der Waals surface area (Å²) >= 11 is 0. The van der Waals surface area contributed by atoms with Crippen LogP contribution in [0.1, 0.15) is 114 Å². The molecule has 7 heteroatoms. The highest BCUT2D eigenvalue weighted by Crippen LogP contribution is 2.22. The Morgan fingerprint density at radius 1 is 0.630 bits per heavy atom. The van der Waals surface area contributed by atoms with E-state index in [1.165, 1.54) is 0 Å². The molecule has 0 radical (unpaired) electrons. The average molecular weight is 636 g/mol. The Hall–Kier alpha value is -3.19. The van der Waals surface area contributed by atoms with Crippen molar-refractivity contribution in [1.82, 2.24) is 4.90 Å². The molecule has 0 bridgehead atoms. The summed E-state index contributed by atoms with van der Waals surface area (Å²) in [5.41, 5.74) is 2.03. The second kappa shape index (κ2) is 23.2. The molecule has 1 heterocycles. The second-order valence-electron chi connectivity index (χ2n) is 13.0. The molecule has 1 aliphatic heterocycles. The van der Waals surface area contributed by atoms with Crippen molar-refractivity contribution in [3.63, 3.8) is 0 Å². The maximum Gasteiger partial charge on any atom is 0.309 e. The molecule has 0 N–H and O–H groups in total. The third-order valence-electron chi connectivity index (χ3n) is 8.99. The molecule has 2 aromatic carbocycles. The predicted octanol–water partition coefficient (Wildman–Crippen LogP) is 8.44. The van der Waals surface area contributed by atoms with Crippen LogP contribution in [0.2, 0.25) is 0 Å². The molecule has 0 spiro atoms. The van der Waals surface area contributed by atoms with E-state index in [-0.39, 0.29) is 23.8 Å². The zero-order valence-electron chi connectivity index (χ0n) is 28.2. The number of ether oxygens (including phenoxy) is 3. The lowest BCUT2D eigenvalue weighted by atomic mass is 9.94. The van der Waals surface area contributed by atoms with Crippen LogP contribution in [0.4, 0.5) is 0 Å². The van der Waals surface area contributed by atoms with Crippen molar-refractivity contribution in [3.8, 4) is 0 Å². The Bertz CT molecular complexity index is 1030. The predicted molar refractivity (Wildman–Crippen MR) is 182 cm³/mol. The lowest BCUT2D eigenvalue weighted by Gasteiger charge is -2.28. The monoisotopic (exact) mass is 635 g/mol. The highest BCUT2D eigenvalue weighted by atomic mass is 16.5. The number of likely N-dealkylation sites (tertiary alicyclic amines) is 1. The van der Waals surface area contributed by atoms with Gasteiger partial charge in [0.05, 0.1) is 12.5 Å². The van der Waals surface area contributed by atoms with Crippen LogP contribution in [0.3, 0.4) is 0 Å². The molecule has 1 saturated heterocycles. The first-order valence-electron chi connectivity index (χ1n) is 17.7. The molecular weight excluding hydrogens is 578 g/mol. The summed E-state index contributed by atoms with van der Waals surface area (Å²) in [6.07, 6.45) is 15.3. The van der Waals surface area contributed by atoms with Gasteiger partial charge in [0.2, 0.25) is 0 Å². The Labute approximate surface area is 277 Å². The third kappa shape index (κ3) is 16.9. The van der Waals surface area contributed by atoms with E-state index < -0.39 is 0 Å². The topological polar surface area (TPSA) is 82.1 Å². The van der Waals surface area contributed by atoms with Gasteiger partial charge in [-0.05, 0) is 75.7 Å². The molecule has 7 nitrogen and oxygen atoms in total. The van der Waals surface area contributed by atoms with E-state index in [2.05, 4.69) is 11.9 Å². The molecule has 1 aliphatic rings. The quantitative estimate of drug-likeness (QED) is 0.0689. The molecule has 0 amide bonds. The fourth-order valence-corrected chi connectivity index (χ4v) is 5.96. The summed E-state index contributed by atoms with van der Waals surface area (Å²) in [5, 5.41) is 0. The first kappa shape index (κ1) is 37.3. The molecule has 0 saturated carbocycles. The SMILES string of the molecule is CN1CCC(C(=O)OCC(CCCCCCCC(=O)OCc2ccccc2)CCCCCCCC(=O)OCc2ccccc2)CC1. The minimum atomic E-state index is -0.127. The lowest BCUT2D eigenvalue weighted by Crippen LogP contribution is -2.34. The molecule has 2 aromatic rings. The van der Waals surface area contributed by atoms with E-state index in [0.717, 1.165) is 114 Å². The van der Waals surface area contributed by atoms with Crippen molar-refractivity contribution in [2.75, 3.05) is 26.7 Å². The van der Waals surface area contributed by atoms with Gasteiger partial charge < -0.3 is 19.1 Å². The van der Waals surface area contributed by atoms with E-state index in [1.807, 2.05) is 60.7 Å². The molecule has 0 aromatic heterocycles. The number of piperidine rings is 1. The Kier molecular flexibility index (Phi) is 18.8. The van der Waals surface area contributed by atoms with Gasteiger partial charge in [-0.3, -0.25) is 14.4 Å². The fourth-order valence-electron chi connectivity index (χ4n) is 5.96. The highest BCUT2D eigenvalue weighted by molar-refractivity contribution is 5.72. The summed E-state index contributed by atoms with van der Waals surface area (Å²) in [6.45, 7) is 3.11. The van der Waals surface area contributed by atoms with Crippen LogP contribution in [0.15, 0.2) is 60.7 Å². The fraction of sp³-hybridized carbons (Fsp3) is 0.615. The normalized spacial score (nSPS) is 13.9. The summed E-state index contributed by atoms with van der Waals surface area (Å²) in [7, 11) is 2.10. The van der Waals surface area contributed by atoms with Crippen LogP contribution in [-0.4, -0.2) is 49.6 Å². The second-order valence-corrected chi connectivity index (χ2v) is 13.0. The Balaban J connectivity index is 1.26. The van der Waals surface area contributed by atoms with Crippen molar-refractivity contribution < 1.29 is 28.6 Å². The van der Waals surface area contributed by atoms with Crippen molar-refractivity contribution in [3.05, 3.63) is 71.8 Å². The van der Waals surface area contributed by atoms with E-state index in [1.54, 1.807) is 0 Å². The van der Waals surface area contributed by atoms with E-state index in [4.69, 9.17) is 14.2 Å². The van der Waals surface area contributed by atoms with Gasteiger partial charge in [-0.25, -0.2) is 0 Å². The van der Waals surface area contributed by atoms with E-state index in [0.29, 0.717) is 38.6 Å². The van der Waals surface area contributed by atoms with Gasteiger partial charge in [-0.1, -0.05) is 112 Å². The van der Waals surface area contributed by atoms with Crippen molar-refractivity contribution in [2.45, 2.75) is 116 Å². The van der Waals surface area contributed by atoms with Gasteiger partial charge in [-0.15, -0.1) is 0 Å². The largest absolute Gasteiger partial charge is 0.465 e. The number of nitrogens with zero attached hydrogens (tertiary/aromatic N) is 1. The van der Waals surface area contributed by atoms with Crippen LogP contribution < -0.4 is 0 Å². The number of hydrogen-bond acceptors (Lipinski definition) is 7. The summed E-state index contributed by atoms with van der Waals surface area (Å²) < 4.78 is 16.6. The standard InChI is InChI=1S/C39H57NO6/c1-40-28-26-36(27-29-40)39(43)46-32-35(18-10-4-2-6-16-24-37(41)44-30-33-20-12-8-13-21-33)19-11-5-3-7-17-25-38(42)45-31-34-22-14-9-15-23-34/h8-9,12-15,20-23,35-36H,2-7,10-11,16-19,24-32H2,1H3. The van der Waals surface area contributed by atoms with Crippen molar-refractivity contribution in [1.29, 1.82) is 0 Å². The van der Waals surface area contributed by atoms with Gasteiger partial charge in [0.1, 0.15) is 13.2 Å². The third-order valence-corrected chi connectivity index (χ3v) is 8.99. The number of esters is 3. The smallest absolute Gasteiger partial charge is 0.309 e. The number of carbonyl (C=O) groups excluding carboxylic acids is 3. The van der Waals surface area contributed by atoms with Crippen LogP contribution >= 0.6 is 0 Å². The molecule has 3 rings (SSSR count). The molecule has 0 atom stereocenters. The maximum absolute atomic E-state index is 12.8. The van der Waals surface area contributed by atoms with E-state index in [9.17, 15) is 14.4 Å². The summed E-state index contributed by atoms with van der Waals surface area (Å²) in [5.74, 6) is 0.153. The average Bonchev–Trinajstić information content (AvgIpc) is 3.08. The van der Waals surface area contributed by atoms with Gasteiger partial charge in [-0.2, -0.15) is 0 Å². The molecule has 46 heavy (non-hydrogen) atoms. The first-order chi connectivity index (χ1) is 22.5. The molecule has 254 valence electrons. The summed E-state index contributed by atoms with van der Waals surface area (Å²) in [6, 6.07) is 19.6. The molecular formula is C39H57NO6. The van der Waals surface area contributed by atoms with Crippen LogP contribution in [-0.2, 0) is 41.8 Å². The molecule has 1 fully saturated rings. The van der Waals surface area contributed by atoms with Crippen LogP contribution in [0.25, 0.3) is 0 Å². The number of carbonyl (C=O) groups is 3. The minimum Gasteiger partial charge on any atom is -0.465 e. The number of unbranched alkanes of at least 4 members (excludes halogenated alkanes) is 8. The first-order valence-corrected chi connectivity index (χ1v) is 17.7. The number of hydrogen-bond donors (Lipinski definition) is 0. The summed E-state index contributed by atoms with van der Waals surface area (Å²) in [4.78, 5) is 39.1. The molecule has 0 unspecified atom stereocenters. The maximum atomic E-state index is 12.8. The van der Waals surface area contributed by atoms with Crippen molar-refractivity contribution >= 4 is 17.9 Å². The number of rotatable bonds is 23. The Morgan fingerprint density at radius 2 is 1.07 bits per heavy atom. The minimum absolute atomic E-state index is 0.0172. The van der Waals surface area contributed by atoms with Gasteiger partial charge in [0.25, 0.3) is 0 Å². The van der Waals surface area contributed by atoms with Crippen LogP contribution in [0.5, 0.6) is 0 Å². The zero-order chi connectivity index (χ0) is 32.7. The van der Waals surface area contributed by atoms with Crippen molar-refractivity contribution in [2.24, 2.45) is 11.8 Å². The van der Waals surface area contributed by atoms with Crippen LogP contribution in [0, 0.1) is 11.8 Å². The lowest BCUT2D eigenvalue weighted by molar-refractivity contribution is -0.151. The number of benzene rings is 2. The zero-order valence-corrected chi connectivity index (χ0v) is 28.2.